The molecule has 1 aliphatic heterocycles. The van der Waals surface area contributed by atoms with E-state index in [9.17, 15) is 10.1 Å². The van der Waals surface area contributed by atoms with Crippen molar-refractivity contribution >= 4 is 17.7 Å². The second-order valence-electron chi connectivity index (χ2n) is 6.10. The third-order valence-electron chi connectivity index (χ3n) is 3.78. The Morgan fingerprint density at radius 1 is 1.36 bits per heavy atom. The number of thioether (sulfide) groups is 1. The topological polar surface area (TPSA) is 52.9 Å². The van der Waals surface area contributed by atoms with E-state index in [-0.39, 0.29) is 11.8 Å². The van der Waals surface area contributed by atoms with E-state index < -0.39 is 0 Å². The molecule has 1 heterocycles. The fourth-order valence-corrected chi connectivity index (χ4v) is 3.74. The second kappa shape index (κ2) is 7.51. The van der Waals surface area contributed by atoms with Gasteiger partial charge in [0.15, 0.2) is 0 Å². The van der Waals surface area contributed by atoms with Crippen LogP contribution in [0.5, 0.6) is 0 Å². The molecule has 0 aliphatic carbocycles. The molecule has 1 aromatic carbocycles. The Bertz CT molecular complexity index is 611. The molecule has 0 fully saturated rings. The van der Waals surface area contributed by atoms with Crippen molar-refractivity contribution in [3.8, 4) is 6.07 Å². The highest BCUT2D eigenvalue weighted by Crippen LogP contribution is 2.36. The van der Waals surface area contributed by atoms with Gasteiger partial charge in [-0.1, -0.05) is 43.7 Å². The Balaban J connectivity index is 2.26. The van der Waals surface area contributed by atoms with Gasteiger partial charge < -0.3 is 5.32 Å². The lowest BCUT2D eigenvalue weighted by molar-refractivity contribution is -0.120. The number of nitrogens with zero attached hydrogens (tertiary/aromatic N) is 1. The molecule has 1 aliphatic rings. The number of amides is 1. The van der Waals surface area contributed by atoms with Crippen LogP contribution >= 0.6 is 11.8 Å². The SMILES string of the molecule is Cc1ccc([C@@H]2CC(=O)NC(SCCC(C)C)=C2C#N)cc1. The summed E-state index contributed by atoms with van der Waals surface area (Å²) in [5, 5.41) is 13.2. The van der Waals surface area contributed by atoms with Crippen LogP contribution in [0.1, 0.15) is 43.7 Å². The second-order valence-corrected chi connectivity index (χ2v) is 7.21. The molecular formula is C18H22N2OS. The lowest BCUT2D eigenvalue weighted by Crippen LogP contribution is -2.31. The molecule has 1 aromatic rings. The molecule has 0 radical (unpaired) electrons. The summed E-state index contributed by atoms with van der Waals surface area (Å²) in [4.78, 5) is 12.0. The Kier molecular flexibility index (Phi) is 5.68. The first-order chi connectivity index (χ1) is 10.5. The Hall–Kier alpha value is -1.73. The largest absolute Gasteiger partial charge is 0.320 e. The maximum absolute atomic E-state index is 12.0. The molecule has 1 N–H and O–H groups in total. The molecule has 0 aromatic heterocycles. The van der Waals surface area contributed by atoms with Crippen molar-refractivity contribution in [1.29, 1.82) is 5.26 Å². The highest BCUT2D eigenvalue weighted by molar-refractivity contribution is 8.03. The van der Waals surface area contributed by atoms with Gasteiger partial charge in [-0.3, -0.25) is 4.79 Å². The van der Waals surface area contributed by atoms with E-state index in [0.29, 0.717) is 17.9 Å². The molecule has 0 unspecified atom stereocenters. The van der Waals surface area contributed by atoms with Crippen molar-refractivity contribution in [2.45, 2.75) is 39.5 Å². The predicted molar refractivity (Wildman–Crippen MR) is 91.2 cm³/mol. The van der Waals surface area contributed by atoms with Crippen LogP contribution in [0.4, 0.5) is 0 Å². The Morgan fingerprint density at radius 3 is 2.64 bits per heavy atom. The standard InChI is InChI=1S/C18H22N2OS/c1-12(2)8-9-22-18-16(11-19)15(10-17(21)20-18)14-6-4-13(3)5-7-14/h4-7,12,15H,8-10H2,1-3H3,(H,20,21)/t15-/m0/s1. The first-order valence-corrected chi connectivity index (χ1v) is 8.63. The maximum atomic E-state index is 12.0. The Labute approximate surface area is 136 Å². The number of allylic oxidation sites excluding steroid dienone is 1. The fourth-order valence-electron chi connectivity index (χ4n) is 2.41. The summed E-state index contributed by atoms with van der Waals surface area (Å²) >= 11 is 1.59. The number of hydrogen-bond acceptors (Lipinski definition) is 3. The van der Waals surface area contributed by atoms with Crippen molar-refractivity contribution < 1.29 is 4.79 Å². The molecule has 1 amide bonds. The lowest BCUT2D eigenvalue weighted by Gasteiger charge is -2.25. The van der Waals surface area contributed by atoms with Gasteiger partial charge in [0.1, 0.15) is 0 Å². The van der Waals surface area contributed by atoms with Gasteiger partial charge in [0, 0.05) is 12.3 Å². The monoisotopic (exact) mass is 314 g/mol. The van der Waals surface area contributed by atoms with Crippen LogP contribution in [0, 0.1) is 24.2 Å². The first-order valence-electron chi connectivity index (χ1n) is 7.64. The normalized spacial score (nSPS) is 18.3. The molecule has 3 nitrogen and oxygen atoms in total. The van der Waals surface area contributed by atoms with Gasteiger partial charge in [0.25, 0.3) is 0 Å². The molecule has 2 rings (SSSR count). The third-order valence-corrected chi connectivity index (χ3v) is 4.83. The smallest absolute Gasteiger partial charge is 0.225 e. The number of carbonyl (C=O) groups is 1. The van der Waals surface area contributed by atoms with Gasteiger partial charge in [-0.15, -0.1) is 11.8 Å². The van der Waals surface area contributed by atoms with E-state index in [1.165, 1.54) is 5.56 Å². The summed E-state index contributed by atoms with van der Waals surface area (Å²) in [6, 6.07) is 10.4. The molecule has 4 heteroatoms. The van der Waals surface area contributed by atoms with E-state index in [2.05, 4.69) is 25.2 Å². The Morgan fingerprint density at radius 2 is 2.05 bits per heavy atom. The molecule has 0 spiro atoms. The summed E-state index contributed by atoms with van der Waals surface area (Å²) < 4.78 is 0. The molecule has 0 saturated carbocycles. The van der Waals surface area contributed by atoms with Crippen molar-refractivity contribution in [2.75, 3.05) is 5.75 Å². The van der Waals surface area contributed by atoms with Crippen LogP contribution < -0.4 is 5.32 Å². The quantitative estimate of drug-likeness (QED) is 0.889. The number of rotatable bonds is 5. The van der Waals surface area contributed by atoms with E-state index in [1.807, 2.05) is 31.2 Å². The first kappa shape index (κ1) is 16.6. The average molecular weight is 314 g/mol. The highest BCUT2D eigenvalue weighted by atomic mass is 32.2. The maximum Gasteiger partial charge on any atom is 0.225 e. The zero-order valence-corrected chi connectivity index (χ0v) is 14.2. The van der Waals surface area contributed by atoms with Crippen LogP contribution in [0.15, 0.2) is 34.9 Å². The molecule has 22 heavy (non-hydrogen) atoms. The van der Waals surface area contributed by atoms with Gasteiger partial charge in [-0.2, -0.15) is 5.26 Å². The zero-order chi connectivity index (χ0) is 16.1. The molecule has 0 saturated heterocycles. The van der Waals surface area contributed by atoms with Crippen LogP contribution in [0.2, 0.25) is 0 Å². The zero-order valence-electron chi connectivity index (χ0n) is 13.3. The summed E-state index contributed by atoms with van der Waals surface area (Å²) in [6.07, 6.45) is 1.41. The molecule has 1 atom stereocenters. The van der Waals surface area contributed by atoms with Crippen molar-refractivity contribution in [3.05, 3.63) is 46.0 Å². The number of hydrogen-bond donors (Lipinski definition) is 1. The number of nitrogens with one attached hydrogen (secondary N) is 1. The number of benzene rings is 1. The molecule has 0 bridgehead atoms. The van der Waals surface area contributed by atoms with E-state index >= 15 is 0 Å². The minimum absolute atomic E-state index is 0.00313. The average Bonchev–Trinajstić information content (AvgIpc) is 2.47. The molecule has 116 valence electrons. The van der Waals surface area contributed by atoms with E-state index in [0.717, 1.165) is 22.8 Å². The summed E-state index contributed by atoms with van der Waals surface area (Å²) in [7, 11) is 0. The van der Waals surface area contributed by atoms with Crippen LogP contribution in [0.25, 0.3) is 0 Å². The number of carbonyl (C=O) groups excluding carboxylic acids is 1. The number of nitriles is 1. The van der Waals surface area contributed by atoms with Gasteiger partial charge in [-0.25, -0.2) is 0 Å². The summed E-state index contributed by atoms with van der Waals surface area (Å²) in [5.41, 5.74) is 2.91. The van der Waals surface area contributed by atoms with Gasteiger partial charge in [0.2, 0.25) is 5.91 Å². The predicted octanol–water partition coefficient (Wildman–Crippen LogP) is 4.11. The summed E-state index contributed by atoms with van der Waals surface area (Å²) in [5.74, 6) is 1.40. The van der Waals surface area contributed by atoms with Gasteiger partial charge >= 0.3 is 0 Å². The van der Waals surface area contributed by atoms with Crippen LogP contribution in [-0.4, -0.2) is 11.7 Å². The van der Waals surface area contributed by atoms with Gasteiger partial charge in [0.05, 0.1) is 16.7 Å². The molecular weight excluding hydrogens is 292 g/mol. The van der Waals surface area contributed by atoms with Crippen molar-refractivity contribution in [3.63, 3.8) is 0 Å². The minimum Gasteiger partial charge on any atom is -0.320 e. The lowest BCUT2D eigenvalue weighted by atomic mass is 9.87. The number of aryl methyl sites for hydroxylation is 1. The van der Waals surface area contributed by atoms with E-state index in [4.69, 9.17) is 0 Å². The highest BCUT2D eigenvalue weighted by Gasteiger charge is 2.29. The van der Waals surface area contributed by atoms with Crippen molar-refractivity contribution in [2.24, 2.45) is 5.92 Å². The van der Waals surface area contributed by atoms with Crippen LogP contribution in [0.3, 0.4) is 0 Å². The van der Waals surface area contributed by atoms with Gasteiger partial charge in [-0.05, 0) is 30.6 Å². The van der Waals surface area contributed by atoms with Crippen LogP contribution in [-0.2, 0) is 4.79 Å². The minimum atomic E-state index is -0.124. The summed E-state index contributed by atoms with van der Waals surface area (Å²) in [6.45, 7) is 6.38. The third kappa shape index (κ3) is 4.14. The van der Waals surface area contributed by atoms with Crippen molar-refractivity contribution in [1.82, 2.24) is 5.32 Å². The van der Waals surface area contributed by atoms with E-state index in [1.54, 1.807) is 11.8 Å². The fraction of sp³-hybridized carbons (Fsp3) is 0.444.